The fourth-order valence-corrected chi connectivity index (χ4v) is 2.44. The molecule has 0 heterocycles. The van der Waals surface area contributed by atoms with Crippen LogP contribution in [0.5, 0.6) is 5.75 Å². The van der Waals surface area contributed by atoms with Gasteiger partial charge >= 0.3 is 0 Å². The first-order chi connectivity index (χ1) is 11.9. The van der Waals surface area contributed by atoms with Crippen LogP contribution in [-0.4, -0.2) is 25.5 Å². The summed E-state index contributed by atoms with van der Waals surface area (Å²) in [6.07, 6.45) is 0. The number of nitrogens with one attached hydrogen (secondary N) is 3. The van der Waals surface area contributed by atoms with Crippen molar-refractivity contribution in [2.24, 2.45) is 0 Å². The number of carbonyl (C=O) groups excluding carboxylic acids is 2. The highest BCUT2D eigenvalue weighted by Gasteiger charge is 2.13. The molecule has 0 spiro atoms. The quantitative estimate of drug-likeness (QED) is 0.715. The molecule has 0 saturated heterocycles. The van der Waals surface area contributed by atoms with Crippen LogP contribution in [0.15, 0.2) is 36.4 Å². The summed E-state index contributed by atoms with van der Waals surface area (Å²) >= 11 is 5.86. The molecule has 0 radical (unpaired) electrons. The van der Waals surface area contributed by atoms with E-state index in [1.807, 2.05) is 32.0 Å². The molecule has 0 aliphatic heterocycles. The van der Waals surface area contributed by atoms with Gasteiger partial charge in [0.15, 0.2) is 0 Å². The van der Waals surface area contributed by atoms with Crippen molar-refractivity contribution in [3.63, 3.8) is 0 Å². The molecule has 0 aromatic heterocycles. The Morgan fingerprint density at radius 1 is 1.08 bits per heavy atom. The minimum atomic E-state index is -0.492. The molecule has 0 atom stereocenters. The second kappa shape index (κ2) is 8.39. The first kappa shape index (κ1) is 18.6. The van der Waals surface area contributed by atoms with Crippen molar-refractivity contribution in [2.75, 3.05) is 19.0 Å². The molecule has 0 unspecified atom stereocenters. The summed E-state index contributed by atoms with van der Waals surface area (Å²) in [5, 5.41) is 3.48. The van der Waals surface area contributed by atoms with Crippen LogP contribution >= 0.6 is 11.6 Å². The summed E-state index contributed by atoms with van der Waals surface area (Å²) in [7, 11) is 1.44. The summed E-state index contributed by atoms with van der Waals surface area (Å²) < 4.78 is 5.11. The molecule has 7 heteroatoms. The van der Waals surface area contributed by atoms with Crippen LogP contribution in [0.4, 0.5) is 5.69 Å². The summed E-state index contributed by atoms with van der Waals surface area (Å²) in [4.78, 5) is 24.0. The van der Waals surface area contributed by atoms with Crippen LogP contribution in [-0.2, 0) is 4.79 Å². The molecule has 0 aliphatic rings. The molecular weight excluding hydrogens is 342 g/mol. The predicted molar refractivity (Wildman–Crippen MR) is 98.0 cm³/mol. The lowest BCUT2D eigenvalue weighted by molar-refractivity contribution is -0.120. The second-order valence-electron chi connectivity index (χ2n) is 5.52. The van der Waals surface area contributed by atoms with E-state index in [4.69, 9.17) is 16.3 Å². The van der Waals surface area contributed by atoms with E-state index in [-0.39, 0.29) is 18.0 Å². The van der Waals surface area contributed by atoms with Gasteiger partial charge in [-0.15, -0.1) is 0 Å². The van der Waals surface area contributed by atoms with E-state index in [1.165, 1.54) is 19.2 Å². The maximum absolute atomic E-state index is 12.1. The highest BCUT2D eigenvalue weighted by Crippen LogP contribution is 2.22. The maximum Gasteiger partial charge on any atom is 0.273 e. The number of carbonyl (C=O) groups is 2. The van der Waals surface area contributed by atoms with Gasteiger partial charge in [0, 0.05) is 10.7 Å². The van der Waals surface area contributed by atoms with Crippen molar-refractivity contribution in [3.05, 3.63) is 58.1 Å². The summed E-state index contributed by atoms with van der Waals surface area (Å²) in [6, 6.07) is 10.5. The minimum absolute atomic E-state index is 0.0297. The number of hydrazine groups is 1. The predicted octanol–water partition coefficient (Wildman–Crippen LogP) is 2.84. The lowest BCUT2D eigenvalue weighted by Gasteiger charge is -2.12. The molecule has 3 N–H and O–H groups in total. The lowest BCUT2D eigenvalue weighted by Crippen LogP contribution is -2.44. The van der Waals surface area contributed by atoms with Crippen LogP contribution in [0.1, 0.15) is 21.5 Å². The van der Waals surface area contributed by atoms with E-state index >= 15 is 0 Å². The molecule has 2 amide bonds. The van der Waals surface area contributed by atoms with E-state index in [0.717, 1.165) is 16.8 Å². The maximum atomic E-state index is 12.1. The lowest BCUT2D eigenvalue weighted by atomic mass is 10.1. The van der Waals surface area contributed by atoms with Crippen molar-refractivity contribution in [1.82, 2.24) is 10.9 Å². The van der Waals surface area contributed by atoms with Gasteiger partial charge in [-0.2, -0.15) is 0 Å². The Kier molecular flexibility index (Phi) is 6.25. The summed E-state index contributed by atoms with van der Waals surface area (Å²) in [5.41, 5.74) is 8.04. The van der Waals surface area contributed by atoms with Gasteiger partial charge in [0.25, 0.3) is 11.8 Å². The molecule has 132 valence electrons. The number of amides is 2. The number of halogens is 1. The SMILES string of the molecule is COc1cc(Cl)ccc1C(=O)NNC(=O)CNc1ccc(C)cc1C. The van der Waals surface area contributed by atoms with Crippen LogP contribution in [0.25, 0.3) is 0 Å². The molecular formula is C18H20ClN3O3. The van der Waals surface area contributed by atoms with E-state index in [1.54, 1.807) is 6.07 Å². The number of hydrogen-bond acceptors (Lipinski definition) is 4. The fraction of sp³-hybridized carbons (Fsp3) is 0.222. The van der Waals surface area contributed by atoms with Crippen molar-refractivity contribution in [1.29, 1.82) is 0 Å². The van der Waals surface area contributed by atoms with Crippen LogP contribution < -0.4 is 20.9 Å². The highest BCUT2D eigenvalue weighted by atomic mass is 35.5. The number of hydrogen-bond donors (Lipinski definition) is 3. The van der Waals surface area contributed by atoms with Gasteiger partial charge in [0.2, 0.25) is 0 Å². The fourth-order valence-electron chi connectivity index (χ4n) is 2.28. The third-order valence-corrected chi connectivity index (χ3v) is 3.78. The summed E-state index contributed by atoms with van der Waals surface area (Å²) in [5.74, 6) is -0.540. The highest BCUT2D eigenvalue weighted by molar-refractivity contribution is 6.30. The number of ether oxygens (including phenoxy) is 1. The number of methoxy groups -OCH3 is 1. The Hall–Kier alpha value is -2.73. The van der Waals surface area contributed by atoms with E-state index < -0.39 is 5.91 Å². The number of rotatable bonds is 5. The molecule has 0 aliphatic carbocycles. The zero-order valence-corrected chi connectivity index (χ0v) is 15.0. The van der Waals surface area contributed by atoms with Crippen LogP contribution in [0.2, 0.25) is 5.02 Å². The number of aryl methyl sites for hydroxylation is 2. The Labute approximate surface area is 151 Å². The molecule has 25 heavy (non-hydrogen) atoms. The van der Waals surface area contributed by atoms with Gasteiger partial charge in [-0.05, 0) is 43.7 Å². The van der Waals surface area contributed by atoms with Crippen molar-refractivity contribution < 1.29 is 14.3 Å². The van der Waals surface area contributed by atoms with E-state index in [9.17, 15) is 9.59 Å². The zero-order chi connectivity index (χ0) is 18.4. The van der Waals surface area contributed by atoms with Gasteiger partial charge in [0.05, 0.1) is 19.2 Å². The molecule has 2 aromatic rings. The van der Waals surface area contributed by atoms with Crippen LogP contribution in [0, 0.1) is 13.8 Å². The Bertz CT molecular complexity index is 793. The molecule has 0 saturated carbocycles. The molecule has 6 nitrogen and oxygen atoms in total. The number of anilines is 1. The van der Waals surface area contributed by atoms with Crippen molar-refractivity contribution in [2.45, 2.75) is 13.8 Å². The van der Waals surface area contributed by atoms with Gasteiger partial charge in [-0.1, -0.05) is 29.3 Å². The topological polar surface area (TPSA) is 79.5 Å². The zero-order valence-electron chi connectivity index (χ0n) is 14.3. The van der Waals surface area contributed by atoms with Gasteiger partial charge in [-0.3, -0.25) is 20.4 Å². The van der Waals surface area contributed by atoms with Gasteiger partial charge < -0.3 is 10.1 Å². The molecule has 2 rings (SSSR count). The van der Waals surface area contributed by atoms with Crippen molar-refractivity contribution in [3.8, 4) is 5.75 Å². The third-order valence-electron chi connectivity index (χ3n) is 3.54. The molecule has 0 fully saturated rings. The van der Waals surface area contributed by atoms with Gasteiger partial charge in [0.1, 0.15) is 5.75 Å². The average Bonchev–Trinajstić information content (AvgIpc) is 2.58. The molecule has 2 aromatic carbocycles. The second-order valence-corrected chi connectivity index (χ2v) is 5.96. The Balaban J connectivity index is 1.88. The van der Waals surface area contributed by atoms with Gasteiger partial charge in [-0.25, -0.2) is 0 Å². The molecule has 0 bridgehead atoms. The van der Waals surface area contributed by atoms with Crippen LogP contribution in [0.3, 0.4) is 0 Å². The van der Waals surface area contributed by atoms with E-state index in [2.05, 4.69) is 16.2 Å². The summed E-state index contributed by atoms with van der Waals surface area (Å²) in [6.45, 7) is 3.99. The average molecular weight is 362 g/mol. The Morgan fingerprint density at radius 3 is 2.52 bits per heavy atom. The standard InChI is InChI=1S/C18H20ClN3O3/c1-11-4-7-15(12(2)8-11)20-10-17(23)21-22-18(24)14-6-5-13(19)9-16(14)25-3/h4-9,20H,10H2,1-3H3,(H,21,23)(H,22,24). The number of benzene rings is 2. The normalized spacial score (nSPS) is 10.1. The van der Waals surface area contributed by atoms with E-state index in [0.29, 0.717) is 10.8 Å². The smallest absolute Gasteiger partial charge is 0.273 e. The Morgan fingerprint density at radius 2 is 1.84 bits per heavy atom. The first-order valence-electron chi connectivity index (χ1n) is 7.64. The minimum Gasteiger partial charge on any atom is -0.496 e. The first-order valence-corrected chi connectivity index (χ1v) is 8.02. The monoisotopic (exact) mass is 361 g/mol. The van der Waals surface area contributed by atoms with Crippen molar-refractivity contribution >= 4 is 29.1 Å². The third kappa shape index (κ3) is 5.12. The largest absolute Gasteiger partial charge is 0.496 e.